The van der Waals surface area contributed by atoms with Crippen LogP contribution in [0.5, 0.6) is 0 Å². The van der Waals surface area contributed by atoms with Crippen LogP contribution in [0.25, 0.3) is 0 Å². The van der Waals surface area contributed by atoms with Crippen LogP contribution in [0.4, 0.5) is 23.1 Å². The Balaban J connectivity index is 1.72. The van der Waals surface area contributed by atoms with E-state index in [-0.39, 0.29) is 0 Å². The van der Waals surface area contributed by atoms with E-state index in [1.54, 1.807) is 0 Å². The van der Waals surface area contributed by atoms with Crippen LogP contribution in [-0.2, 0) is 6.42 Å². The summed E-state index contributed by atoms with van der Waals surface area (Å²) in [6, 6.07) is 18.9. The third kappa shape index (κ3) is 3.12. The highest BCUT2D eigenvalue weighted by Gasteiger charge is 2.28. The van der Waals surface area contributed by atoms with Crippen molar-refractivity contribution in [1.29, 1.82) is 0 Å². The second-order valence-corrected chi connectivity index (χ2v) is 7.20. The molecule has 0 amide bonds. The van der Waals surface area contributed by atoms with Crippen LogP contribution in [0.15, 0.2) is 59.1 Å². The van der Waals surface area contributed by atoms with Crippen LogP contribution < -0.4 is 10.2 Å². The molecule has 0 bridgehead atoms. The van der Waals surface area contributed by atoms with Gasteiger partial charge in [-0.05, 0) is 60.0 Å². The van der Waals surface area contributed by atoms with Gasteiger partial charge in [-0.2, -0.15) is 4.98 Å². The van der Waals surface area contributed by atoms with Crippen LogP contribution in [0.1, 0.15) is 18.2 Å². The molecule has 0 saturated heterocycles. The molecule has 1 aliphatic heterocycles. The Morgan fingerprint density at radius 1 is 1.08 bits per heavy atom. The highest BCUT2D eigenvalue weighted by atomic mass is 79.9. The molecule has 2 heterocycles. The van der Waals surface area contributed by atoms with E-state index in [9.17, 15) is 0 Å². The Morgan fingerprint density at radius 2 is 1.84 bits per heavy atom. The number of para-hydroxylation sites is 2. The minimum Gasteiger partial charge on any atom is -0.323 e. The summed E-state index contributed by atoms with van der Waals surface area (Å²) in [5, 5.41) is 3.32. The first kappa shape index (κ1) is 16.1. The van der Waals surface area contributed by atoms with Crippen LogP contribution in [0.2, 0.25) is 0 Å². The first-order chi connectivity index (χ1) is 12.1. The lowest BCUT2D eigenvalue weighted by atomic mass is 10.1. The SMILES string of the molecule is Cc1cc(N2c3ccccc3CC2C)nc(Nc2ccccc2Br)n1. The molecule has 1 unspecified atom stereocenters. The predicted octanol–water partition coefficient (Wildman–Crippen LogP) is 5.37. The van der Waals surface area contributed by atoms with Gasteiger partial charge in [0, 0.05) is 28.0 Å². The van der Waals surface area contributed by atoms with E-state index in [0.29, 0.717) is 12.0 Å². The Kier molecular flexibility index (Phi) is 4.17. The molecular formula is C20H19BrN4. The van der Waals surface area contributed by atoms with Crippen LogP contribution in [-0.4, -0.2) is 16.0 Å². The maximum Gasteiger partial charge on any atom is 0.229 e. The first-order valence-electron chi connectivity index (χ1n) is 8.36. The topological polar surface area (TPSA) is 41.1 Å². The molecule has 0 aliphatic carbocycles. The molecule has 0 fully saturated rings. The lowest BCUT2D eigenvalue weighted by molar-refractivity contribution is 0.749. The Morgan fingerprint density at radius 3 is 2.68 bits per heavy atom. The van der Waals surface area contributed by atoms with E-state index >= 15 is 0 Å². The van der Waals surface area contributed by atoms with Gasteiger partial charge in [-0.1, -0.05) is 30.3 Å². The molecule has 0 spiro atoms. The fourth-order valence-corrected chi connectivity index (χ4v) is 3.71. The summed E-state index contributed by atoms with van der Waals surface area (Å²) in [7, 11) is 0. The van der Waals surface area contributed by atoms with Crippen molar-refractivity contribution in [2.45, 2.75) is 26.3 Å². The maximum absolute atomic E-state index is 4.78. The van der Waals surface area contributed by atoms with Crippen LogP contribution in [0.3, 0.4) is 0 Å². The van der Waals surface area contributed by atoms with Gasteiger partial charge < -0.3 is 10.2 Å². The summed E-state index contributed by atoms with van der Waals surface area (Å²) in [4.78, 5) is 11.6. The van der Waals surface area contributed by atoms with Crippen molar-refractivity contribution in [3.05, 3.63) is 70.3 Å². The number of aromatic nitrogens is 2. The van der Waals surface area contributed by atoms with E-state index in [1.165, 1.54) is 11.3 Å². The molecule has 1 aliphatic rings. The largest absolute Gasteiger partial charge is 0.323 e. The predicted molar refractivity (Wildman–Crippen MR) is 106 cm³/mol. The molecule has 2 aromatic carbocycles. The van der Waals surface area contributed by atoms with Crippen LogP contribution in [0, 0.1) is 6.92 Å². The fourth-order valence-electron chi connectivity index (χ4n) is 3.33. The first-order valence-corrected chi connectivity index (χ1v) is 9.15. The minimum atomic E-state index is 0.378. The van der Waals surface area contributed by atoms with Crippen molar-refractivity contribution >= 4 is 39.1 Å². The summed E-state index contributed by atoms with van der Waals surface area (Å²) in [5.41, 5.74) is 4.50. The Hall–Kier alpha value is -2.40. The smallest absolute Gasteiger partial charge is 0.229 e. The van der Waals surface area contributed by atoms with Gasteiger partial charge in [-0.15, -0.1) is 0 Å². The number of halogens is 1. The second-order valence-electron chi connectivity index (χ2n) is 6.35. The van der Waals surface area contributed by atoms with Gasteiger partial charge in [0.1, 0.15) is 5.82 Å². The number of rotatable bonds is 3. The number of aryl methyl sites for hydroxylation is 1. The van der Waals surface area contributed by atoms with Gasteiger partial charge in [0.25, 0.3) is 0 Å². The molecule has 3 aromatic rings. The molecule has 4 nitrogen and oxygen atoms in total. The molecule has 0 saturated carbocycles. The average molecular weight is 395 g/mol. The van der Waals surface area contributed by atoms with Gasteiger partial charge in [-0.3, -0.25) is 0 Å². The van der Waals surface area contributed by atoms with Crippen molar-refractivity contribution in [3.8, 4) is 0 Å². The van der Waals surface area contributed by atoms with Gasteiger partial charge >= 0.3 is 0 Å². The van der Waals surface area contributed by atoms with Crippen molar-refractivity contribution in [3.63, 3.8) is 0 Å². The summed E-state index contributed by atoms with van der Waals surface area (Å²) < 4.78 is 0.988. The number of hydrogen-bond acceptors (Lipinski definition) is 4. The second kappa shape index (κ2) is 6.48. The standard InChI is InChI=1S/C20H19BrN4/c1-13-11-19(25-14(2)12-15-7-3-6-10-18(15)25)24-20(22-13)23-17-9-5-4-8-16(17)21/h3-11,14H,12H2,1-2H3,(H,22,23,24). The lowest BCUT2D eigenvalue weighted by Crippen LogP contribution is -2.25. The number of fused-ring (bicyclic) bond motifs is 1. The van der Waals surface area contributed by atoms with Crippen molar-refractivity contribution in [1.82, 2.24) is 9.97 Å². The molecule has 25 heavy (non-hydrogen) atoms. The quantitative estimate of drug-likeness (QED) is 0.647. The number of anilines is 4. The number of nitrogens with one attached hydrogen (secondary N) is 1. The molecule has 4 rings (SSSR count). The fraction of sp³-hybridized carbons (Fsp3) is 0.200. The molecule has 5 heteroatoms. The maximum atomic E-state index is 4.78. The zero-order valence-corrected chi connectivity index (χ0v) is 15.8. The minimum absolute atomic E-state index is 0.378. The van der Waals surface area contributed by atoms with Gasteiger partial charge in [0.2, 0.25) is 5.95 Å². The van der Waals surface area contributed by atoms with E-state index < -0.39 is 0 Å². The lowest BCUT2D eigenvalue weighted by Gasteiger charge is -2.24. The average Bonchev–Trinajstić information content (AvgIpc) is 2.92. The molecular weight excluding hydrogens is 376 g/mol. The van der Waals surface area contributed by atoms with E-state index in [4.69, 9.17) is 4.98 Å². The molecule has 1 N–H and O–H groups in total. The molecule has 126 valence electrons. The summed E-state index contributed by atoms with van der Waals surface area (Å²) in [5.74, 6) is 1.54. The van der Waals surface area contributed by atoms with Gasteiger partial charge in [0.05, 0.1) is 5.69 Å². The normalized spacial score (nSPS) is 16.0. The molecule has 0 radical (unpaired) electrons. The van der Waals surface area contributed by atoms with Crippen molar-refractivity contribution in [2.75, 3.05) is 10.2 Å². The summed E-state index contributed by atoms with van der Waals surface area (Å²) in [6.07, 6.45) is 1.03. The van der Waals surface area contributed by atoms with Gasteiger partial charge in [0.15, 0.2) is 0 Å². The molecule has 1 aromatic heterocycles. The molecule has 1 atom stereocenters. The van der Waals surface area contributed by atoms with Crippen molar-refractivity contribution < 1.29 is 0 Å². The highest BCUT2D eigenvalue weighted by Crippen LogP contribution is 2.37. The third-order valence-electron chi connectivity index (χ3n) is 4.42. The number of nitrogens with zero attached hydrogens (tertiary/aromatic N) is 3. The van der Waals surface area contributed by atoms with Crippen molar-refractivity contribution in [2.24, 2.45) is 0 Å². The Bertz CT molecular complexity index is 925. The van der Waals surface area contributed by atoms with E-state index in [2.05, 4.69) is 62.3 Å². The van der Waals surface area contributed by atoms with E-state index in [0.717, 1.165) is 28.1 Å². The zero-order chi connectivity index (χ0) is 17.4. The summed E-state index contributed by atoms with van der Waals surface area (Å²) in [6.45, 7) is 4.24. The van der Waals surface area contributed by atoms with E-state index in [1.807, 2.05) is 37.3 Å². The highest BCUT2D eigenvalue weighted by molar-refractivity contribution is 9.10. The van der Waals surface area contributed by atoms with Gasteiger partial charge in [-0.25, -0.2) is 4.98 Å². The van der Waals surface area contributed by atoms with Crippen LogP contribution >= 0.6 is 15.9 Å². The monoisotopic (exact) mass is 394 g/mol. The summed E-state index contributed by atoms with van der Waals surface area (Å²) >= 11 is 3.56. The Labute approximate surface area is 156 Å². The third-order valence-corrected chi connectivity index (χ3v) is 5.11. The zero-order valence-electron chi connectivity index (χ0n) is 14.2. The number of benzene rings is 2. The number of hydrogen-bond donors (Lipinski definition) is 1.